The minimum Gasteiger partial charge on any atom is -0.262 e. The van der Waals surface area contributed by atoms with E-state index in [0.29, 0.717) is 5.92 Å². The Morgan fingerprint density at radius 3 is 1.73 bits per heavy atom. The number of nitrogens with zero attached hydrogens (tertiary/aromatic N) is 2. The summed E-state index contributed by atoms with van der Waals surface area (Å²) in [5.41, 5.74) is 3.57. The first kappa shape index (κ1) is 23.5. The lowest BCUT2D eigenvalue weighted by atomic mass is 10.1. The zero-order chi connectivity index (χ0) is 19.6. The average molecular weight is 351 g/mol. The summed E-state index contributed by atoms with van der Waals surface area (Å²) in [6.45, 7) is 12.7. The van der Waals surface area contributed by atoms with E-state index in [0.717, 1.165) is 17.8 Å². The third kappa shape index (κ3) is 15.1. The predicted octanol–water partition coefficient (Wildman–Crippen LogP) is 6.89. The van der Waals surface area contributed by atoms with Crippen LogP contribution in [0, 0.1) is 19.8 Å². The van der Waals surface area contributed by atoms with Crippen molar-refractivity contribution in [3.8, 4) is 0 Å². The summed E-state index contributed by atoms with van der Waals surface area (Å²) >= 11 is 0. The topological polar surface area (TPSA) is 25.8 Å². The molecule has 2 aromatic heterocycles. The average Bonchev–Trinajstić information content (AvgIpc) is 2.63. The lowest BCUT2D eigenvalue weighted by molar-refractivity contribution is 0.769. The van der Waals surface area contributed by atoms with Crippen molar-refractivity contribution in [2.75, 3.05) is 0 Å². The van der Waals surface area contributed by atoms with Gasteiger partial charge >= 0.3 is 0 Å². The molecule has 0 fully saturated rings. The first-order valence-corrected chi connectivity index (χ1v) is 9.22. The van der Waals surface area contributed by atoms with Crippen molar-refractivity contribution >= 4 is 0 Å². The van der Waals surface area contributed by atoms with Crippen molar-refractivity contribution in [1.29, 1.82) is 0 Å². The second kappa shape index (κ2) is 16.0. The Balaban J connectivity index is 0.000000381. The fourth-order valence-corrected chi connectivity index (χ4v) is 1.57. The molecular weight excluding hydrogens is 316 g/mol. The van der Waals surface area contributed by atoms with Crippen LogP contribution in [0.3, 0.4) is 0 Å². The Morgan fingerprint density at radius 2 is 1.42 bits per heavy atom. The highest BCUT2D eigenvalue weighted by molar-refractivity contribution is 5.16. The maximum atomic E-state index is 3.98. The third-order valence-electron chi connectivity index (χ3n) is 3.49. The van der Waals surface area contributed by atoms with Gasteiger partial charge in [0.1, 0.15) is 0 Å². The zero-order valence-corrected chi connectivity index (χ0v) is 17.2. The molecule has 0 atom stereocenters. The largest absolute Gasteiger partial charge is 0.262 e. The maximum Gasteiger partial charge on any atom is 0.0372 e. The van der Waals surface area contributed by atoms with E-state index in [2.05, 4.69) is 68.0 Å². The van der Waals surface area contributed by atoms with Crippen LogP contribution in [0.2, 0.25) is 0 Å². The summed E-state index contributed by atoms with van der Waals surface area (Å²) in [5, 5.41) is 0. The molecule has 0 aliphatic carbocycles. The molecular formula is C24H34N2. The second-order valence-corrected chi connectivity index (χ2v) is 6.23. The number of hydrogen-bond acceptors (Lipinski definition) is 2. The molecule has 0 aromatic carbocycles. The molecule has 140 valence electrons. The molecule has 2 heteroatoms. The first-order valence-electron chi connectivity index (χ1n) is 9.22. The normalized spacial score (nSPS) is 11.1. The number of aromatic nitrogens is 2. The molecule has 0 spiro atoms. The second-order valence-electron chi connectivity index (χ2n) is 6.23. The standard InChI is InChI=1S/C12H20.2C6H7N/c1-5-6-7-8-9-10-12(4)11(2)3;2*1-6-4-2-3-5-7-6/h6-11H,5H2,1-4H3;2*2-5H,1H3/b7-6-,9-8-,12-10+;;. The molecule has 26 heavy (non-hydrogen) atoms. The third-order valence-corrected chi connectivity index (χ3v) is 3.49. The Kier molecular flexibility index (Phi) is 14.5. The van der Waals surface area contributed by atoms with E-state index in [1.165, 1.54) is 5.57 Å². The number of hydrogen-bond donors (Lipinski definition) is 0. The van der Waals surface area contributed by atoms with Gasteiger partial charge < -0.3 is 0 Å². The van der Waals surface area contributed by atoms with Crippen molar-refractivity contribution in [2.24, 2.45) is 5.92 Å². The summed E-state index contributed by atoms with van der Waals surface area (Å²) in [6.07, 6.45) is 15.3. The molecule has 0 radical (unpaired) electrons. The van der Waals surface area contributed by atoms with E-state index < -0.39 is 0 Å². The van der Waals surface area contributed by atoms with Gasteiger partial charge in [-0.15, -0.1) is 0 Å². The summed E-state index contributed by atoms with van der Waals surface area (Å²) < 4.78 is 0. The molecule has 2 rings (SSSR count). The molecule has 0 saturated heterocycles. The molecule has 0 unspecified atom stereocenters. The van der Waals surface area contributed by atoms with E-state index in [1.54, 1.807) is 12.4 Å². The summed E-state index contributed by atoms with van der Waals surface area (Å²) in [4.78, 5) is 7.96. The van der Waals surface area contributed by atoms with E-state index >= 15 is 0 Å². The fraction of sp³-hybridized carbons (Fsp3) is 0.333. The molecule has 0 aliphatic rings. The minimum atomic E-state index is 0.657. The summed E-state index contributed by atoms with van der Waals surface area (Å²) in [6, 6.07) is 11.7. The van der Waals surface area contributed by atoms with Crippen LogP contribution >= 0.6 is 0 Å². The van der Waals surface area contributed by atoms with Gasteiger partial charge in [0.15, 0.2) is 0 Å². The Labute approximate surface area is 160 Å². The Bertz CT molecular complexity index is 601. The van der Waals surface area contributed by atoms with Crippen LogP contribution in [0.1, 0.15) is 45.5 Å². The van der Waals surface area contributed by atoms with E-state index in [1.807, 2.05) is 50.2 Å². The number of pyridine rings is 2. The van der Waals surface area contributed by atoms with Crippen LogP contribution < -0.4 is 0 Å². The van der Waals surface area contributed by atoms with Gasteiger partial charge in [0.05, 0.1) is 0 Å². The minimum absolute atomic E-state index is 0.657. The molecule has 0 amide bonds. The molecule has 0 aliphatic heterocycles. The summed E-state index contributed by atoms with van der Waals surface area (Å²) in [5.74, 6) is 0.657. The molecule has 0 bridgehead atoms. The monoisotopic (exact) mass is 350 g/mol. The molecule has 0 saturated carbocycles. The SMILES string of the molecule is CC\C=C/C=C\C=C(/C)C(C)C.Cc1ccccn1.Cc1ccccn1. The van der Waals surface area contributed by atoms with Gasteiger partial charge in [0.25, 0.3) is 0 Å². The van der Waals surface area contributed by atoms with E-state index in [-0.39, 0.29) is 0 Å². The number of rotatable bonds is 4. The van der Waals surface area contributed by atoms with Crippen molar-refractivity contribution in [3.63, 3.8) is 0 Å². The van der Waals surface area contributed by atoms with Crippen LogP contribution in [0.5, 0.6) is 0 Å². The van der Waals surface area contributed by atoms with Gasteiger partial charge in [-0.2, -0.15) is 0 Å². The van der Waals surface area contributed by atoms with Crippen LogP contribution in [0.25, 0.3) is 0 Å². The van der Waals surface area contributed by atoms with Crippen LogP contribution in [0.4, 0.5) is 0 Å². The number of aryl methyl sites for hydroxylation is 2. The fourth-order valence-electron chi connectivity index (χ4n) is 1.57. The van der Waals surface area contributed by atoms with Crippen LogP contribution in [-0.2, 0) is 0 Å². The Morgan fingerprint density at radius 1 is 0.885 bits per heavy atom. The first-order chi connectivity index (χ1) is 12.5. The highest BCUT2D eigenvalue weighted by atomic mass is 14.6. The smallest absolute Gasteiger partial charge is 0.0372 e. The highest BCUT2D eigenvalue weighted by Crippen LogP contribution is 2.07. The van der Waals surface area contributed by atoms with Gasteiger partial charge in [-0.05, 0) is 57.4 Å². The van der Waals surface area contributed by atoms with E-state index in [4.69, 9.17) is 0 Å². The van der Waals surface area contributed by atoms with Gasteiger partial charge in [-0.3, -0.25) is 9.97 Å². The van der Waals surface area contributed by atoms with Crippen molar-refractivity contribution in [2.45, 2.75) is 48.0 Å². The maximum absolute atomic E-state index is 3.98. The van der Waals surface area contributed by atoms with Gasteiger partial charge in [-0.1, -0.05) is 68.9 Å². The van der Waals surface area contributed by atoms with Crippen molar-refractivity contribution in [1.82, 2.24) is 9.97 Å². The van der Waals surface area contributed by atoms with E-state index in [9.17, 15) is 0 Å². The Hall–Kier alpha value is -2.48. The lowest BCUT2D eigenvalue weighted by Crippen LogP contribution is -1.86. The molecule has 2 nitrogen and oxygen atoms in total. The van der Waals surface area contributed by atoms with Gasteiger partial charge in [-0.25, -0.2) is 0 Å². The van der Waals surface area contributed by atoms with Crippen molar-refractivity contribution in [3.05, 3.63) is 96.1 Å². The zero-order valence-electron chi connectivity index (χ0n) is 17.2. The lowest BCUT2D eigenvalue weighted by Gasteiger charge is -2.01. The van der Waals surface area contributed by atoms with Crippen LogP contribution in [0.15, 0.2) is 84.7 Å². The summed E-state index contributed by atoms with van der Waals surface area (Å²) in [7, 11) is 0. The van der Waals surface area contributed by atoms with Gasteiger partial charge in [0, 0.05) is 23.8 Å². The molecule has 2 heterocycles. The quantitative estimate of drug-likeness (QED) is 0.561. The van der Waals surface area contributed by atoms with Gasteiger partial charge in [0.2, 0.25) is 0 Å². The molecule has 2 aromatic rings. The van der Waals surface area contributed by atoms with Crippen molar-refractivity contribution < 1.29 is 0 Å². The molecule has 0 N–H and O–H groups in total. The predicted molar refractivity (Wildman–Crippen MR) is 115 cm³/mol. The van der Waals surface area contributed by atoms with Crippen LogP contribution in [-0.4, -0.2) is 9.97 Å². The number of allylic oxidation sites excluding steroid dienone is 6. The highest BCUT2D eigenvalue weighted by Gasteiger charge is 1.91.